The quantitative estimate of drug-likeness (QED) is 0.180. The SMILES string of the molecule is CC1(C)c2c(ccc3c2Sc2ccccc2S3)-c2ccc3c4ccccc4n(-c4cccc(-c5cc(-c6ccccc6)cc(-c6ccccc6)n5)c4)c3c21. The summed E-state index contributed by atoms with van der Waals surface area (Å²) in [6, 6.07) is 61.7. The molecule has 7 aromatic carbocycles. The number of benzene rings is 7. The zero-order chi connectivity index (χ0) is 36.0. The second-order valence-electron chi connectivity index (χ2n) is 14.7. The molecule has 0 spiro atoms. The van der Waals surface area contributed by atoms with Crippen LogP contribution in [-0.4, -0.2) is 9.55 Å². The van der Waals surface area contributed by atoms with E-state index < -0.39 is 0 Å². The molecule has 0 unspecified atom stereocenters. The van der Waals surface area contributed by atoms with Gasteiger partial charge in [0.05, 0.1) is 22.4 Å². The molecule has 2 aliphatic rings. The zero-order valence-corrected chi connectivity index (χ0v) is 31.5. The van der Waals surface area contributed by atoms with E-state index in [1.54, 1.807) is 0 Å². The first-order valence-electron chi connectivity index (χ1n) is 18.5. The third-order valence-electron chi connectivity index (χ3n) is 11.2. The smallest absolute Gasteiger partial charge is 0.0716 e. The number of para-hydroxylation sites is 1. The molecular formula is C50H34N2S2. The maximum Gasteiger partial charge on any atom is 0.0716 e. The fourth-order valence-electron chi connectivity index (χ4n) is 8.78. The van der Waals surface area contributed by atoms with Crippen LogP contribution < -0.4 is 0 Å². The number of hydrogen-bond acceptors (Lipinski definition) is 3. The van der Waals surface area contributed by atoms with Crippen molar-refractivity contribution >= 4 is 45.3 Å². The Labute approximate surface area is 323 Å². The Balaban J connectivity index is 1.13. The Bertz CT molecular complexity index is 2900. The first-order chi connectivity index (χ1) is 26.5. The van der Waals surface area contributed by atoms with Gasteiger partial charge in [-0.2, -0.15) is 0 Å². The van der Waals surface area contributed by atoms with E-state index in [4.69, 9.17) is 4.98 Å². The molecule has 0 saturated carbocycles. The third kappa shape index (κ3) is 4.80. The van der Waals surface area contributed by atoms with Crippen LogP contribution in [0.1, 0.15) is 25.0 Å². The Morgan fingerprint density at radius 2 is 1.09 bits per heavy atom. The van der Waals surface area contributed by atoms with E-state index >= 15 is 0 Å². The Kier molecular flexibility index (Phi) is 7.11. The average molecular weight is 727 g/mol. The van der Waals surface area contributed by atoms with Crippen LogP contribution in [0.3, 0.4) is 0 Å². The van der Waals surface area contributed by atoms with Crippen molar-refractivity contribution in [3.05, 3.63) is 181 Å². The van der Waals surface area contributed by atoms with Gasteiger partial charge in [0.1, 0.15) is 0 Å². The lowest BCUT2D eigenvalue weighted by Gasteiger charge is -2.28. The summed E-state index contributed by atoms with van der Waals surface area (Å²) >= 11 is 3.84. The molecule has 2 nitrogen and oxygen atoms in total. The maximum absolute atomic E-state index is 5.30. The number of hydrogen-bond donors (Lipinski definition) is 0. The normalized spacial score (nSPS) is 13.7. The molecule has 0 atom stereocenters. The molecule has 4 heteroatoms. The van der Waals surface area contributed by atoms with Crippen LogP contribution in [0.15, 0.2) is 189 Å². The highest BCUT2D eigenvalue weighted by Crippen LogP contribution is 2.60. The molecule has 2 aromatic heterocycles. The summed E-state index contributed by atoms with van der Waals surface area (Å²) in [5, 5.41) is 2.55. The van der Waals surface area contributed by atoms with Crippen molar-refractivity contribution in [3.63, 3.8) is 0 Å². The average Bonchev–Trinajstić information content (AvgIpc) is 3.69. The van der Waals surface area contributed by atoms with Crippen LogP contribution in [0.5, 0.6) is 0 Å². The van der Waals surface area contributed by atoms with Crippen molar-refractivity contribution < 1.29 is 0 Å². The second kappa shape index (κ2) is 12.1. The Morgan fingerprint density at radius 1 is 0.463 bits per heavy atom. The van der Waals surface area contributed by atoms with Crippen molar-refractivity contribution in [2.24, 2.45) is 0 Å². The van der Waals surface area contributed by atoms with Gasteiger partial charge in [0, 0.05) is 52.6 Å². The molecular weight excluding hydrogens is 693 g/mol. The molecule has 0 bridgehead atoms. The van der Waals surface area contributed by atoms with Gasteiger partial charge in [0.2, 0.25) is 0 Å². The van der Waals surface area contributed by atoms with E-state index in [0.29, 0.717) is 0 Å². The van der Waals surface area contributed by atoms with E-state index in [2.05, 4.69) is 188 Å². The van der Waals surface area contributed by atoms with Gasteiger partial charge in [-0.25, -0.2) is 4.98 Å². The molecule has 9 aromatic rings. The van der Waals surface area contributed by atoms with Gasteiger partial charge in [-0.1, -0.05) is 159 Å². The predicted molar refractivity (Wildman–Crippen MR) is 227 cm³/mol. The molecule has 0 N–H and O–H groups in total. The fourth-order valence-corrected chi connectivity index (χ4v) is 11.3. The standard InChI is InChI=1S/C50H34N2S2/c1-50(2)46-37(38-26-27-45-49(47(38)50)54-44-23-12-11-22-43(44)53-45)24-25-39-36-20-9-10-21-42(36)52(48(39)46)35-19-13-18-33(28-35)41-30-34(31-14-5-3-6-15-31)29-40(51-41)32-16-7-4-8-17-32/h3-30H,1-2H3. The lowest BCUT2D eigenvalue weighted by molar-refractivity contribution is 0.645. The van der Waals surface area contributed by atoms with Crippen molar-refractivity contribution in [1.82, 2.24) is 9.55 Å². The van der Waals surface area contributed by atoms with E-state index in [0.717, 1.165) is 33.8 Å². The molecule has 54 heavy (non-hydrogen) atoms. The summed E-state index contributed by atoms with van der Waals surface area (Å²) in [6.45, 7) is 4.87. The lowest BCUT2D eigenvalue weighted by Crippen LogP contribution is -2.18. The van der Waals surface area contributed by atoms with E-state index in [9.17, 15) is 0 Å². The van der Waals surface area contributed by atoms with Gasteiger partial charge < -0.3 is 4.57 Å². The van der Waals surface area contributed by atoms with Crippen LogP contribution in [-0.2, 0) is 5.41 Å². The van der Waals surface area contributed by atoms with Crippen LogP contribution in [0, 0.1) is 0 Å². The lowest BCUT2D eigenvalue weighted by atomic mass is 9.81. The van der Waals surface area contributed by atoms with E-state index in [1.165, 1.54) is 69.2 Å². The van der Waals surface area contributed by atoms with Crippen LogP contribution >= 0.6 is 23.5 Å². The molecule has 256 valence electrons. The minimum Gasteiger partial charge on any atom is -0.309 e. The van der Waals surface area contributed by atoms with Crippen molar-refractivity contribution in [1.29, 1.82) is 0 Å². The minimum atomic E-state index is -0.227. The summed E-state index contributed by atoms with van der Waals surface area (Å²) < 4.78 is 2.52. The van der Waals surface area contributed by atoms with Crippen molar-refractivity contribution in [2.45, 2.75) is 38.8 Å². The van der Waals surface area contributed by atoms with Gasteiger partial charge in [-0.3, -0.25) is 0 Å². The van der Waals surface area contributed by atoms with Gasteiger partial charge in [-0.15, -0.1) is 0 Å². The number of pyridine rings is 1. The Morgan fingerprint density at radius 3 is 1.89 bits per heavy atom. The maximum atomic E-state index is 5.30. The highest BCUT2D eigenvalue weighted by molar-refractivity contribution is 8.05. The summed E-state index contributed by atoms with van der Waals surface area (Å²) in [6.07, 6.45) is 0. The highest BCUT2D eigenvalue weighted by atomic mass is 32.2. The fraction of sp³-hybridized carbons (Fsp3) is 0.0600. The van der Waals surface area contributed by atoms with Crippen LogP contribution in [0.2, 0.25) is 0 Å². The largest absolute Gasteiger partial charge is 0.309 e. The predicted octanol–water partition coefficient (Wildman–Crippen LogP) is 14.1. The summed E-state index contributed by atoms with van der Waals surface area (Å²) in [4.78, 5) is 10.7. The Hall–Kier alpha value is -5.81. The van der Waals surface area contributed by atoms with Gasteiger partial charge in [0.25, 0.3) is 0 Å². The molecule has 0 amide bonds. The summed E-state index contributed by atoms with van der Waals surface area (Å²) in [5.74, 6) is 0. The molecule has 0 radical (unpaired) electrons. The van der Waals surface area contributed by atoms with Gasteiger partial charge in [-0.05, 0) is 81.9 Å². The molecule has 1 aliphatic heterocycles. The minimum absolute atomic E-state index is 0.227. The monoisotopic (exact) mass is 726 g/mol. The number of nitrogens with zero attached hydrogens (tertiary/aromatic N) is 2. The molecule has 11 rings (SSSR count). The van der Waals surface area contributed by atoms with Gasteiger partial charge in [0.15, 0.2) is 0 Å². The second-order valence-corrected chi connectivity index (χ2v) is 16.9. The first kappa shape index (κ1) is 31.7. The number of aromatic nitrogens is 2. The summed E-state index contributed by atoms with van der Waals surface area (Å²) in [5.41, 5.74) is 15.4. The molecule has 1 aliphatic carbocycles. The number of fused-ring (bicyclic) bond motifs is 10. The topological polar surface area (TPSA) is 17.8 Å². The van der Waals surface area contributed by atoms with E-state index in [-0.39, 0.29) is 5.41 Å². The third-order valence-corrected chi connectivity index (χ3v) is 13.8. The van der Waals surface area contributed by atoms with Crippen LogP contribution in [0.25, 0.3) is 72.3 Å². The zero-order valence-electron chi connectivity index (χ0n) is 29.9. The van der Waals surface area contributed by atoms with Crippen LogP contribution in [0.4, 0.5) is 0 Å². The molecule has 0 saturated heterocycles. The van der Waals surface area contributed by atoms with Crippen molar-refractivity contribution in [2.75, 3.05) is 0 Å². The van der Waals surface area contributed by atoms with Gasteiger partial charge >= 0.3 is 0 Å². The first-order valence-corrected chi connectivity index (χ1v) is 20.1. The molecule has 0 fully saturated rings. The number of rotatable bonds is 4. The van der Waals surface area contributed by atoms with Crippen molar-refractivity contribution in [3.8, 4) is 50.5 Å². The summed E-state index contributed by atoms with van der Waals surface area (Å²) in [7, 11) is 0. The van der Waals surface area contributed by atoms with E-state index in [1.807, 2.05) is 23.5 Å². The molecule has 3 heterocycles. The highest BCUT2D eigenvalue weighted by Gasteiger charge is 2.42.